The van der Waals surface area contributed by atoms with E-state index in [-0.39, 0.29) is 0 Å². The molecule has 1 N–H and O–H groups in total. The van der Waals surface area contributed by atoms with Gasteiger partial charge in [0.2, 0.25) is 0 Å². The van der Waals surface area contributed by atoms with E-state index in [1.54, 1.807) is 0 Å². The molecule has 1 aliphatic heterocycles. The summed E-state index contributed by atoms with van der Waals surface area (Å²) < 4.78 is 0. The highest BCUT2D eigenvalue weighted by Crippen LogP contribution is 2.25. The fraction of sp³-hybridized carbons (Fsp3) is 0.625. The van der Waals surface area contributed by atoms with E-state index >= 15 is 0 Å². The normalized spacial score (nSPS) is 21.4. The molecule has 3 nitrogen and oxygen atoms in total. The molecule has 3 heteroatoms. The quantitative estimate of drug-likeness (QED) is 0.897. The van der Waals surface area contributed by atoms with Crippen molar-refractivity contribution in [3.8, 4) is 0 Å². The van der Waals surface area contributed by atoms with E-state index in [4.69, 9.17) is 0 Å². The summed E-state index contributed by atoms with van der Waals surface area (Å²) in [6.07, 6.45) is 2.46. The summed E-state index contributed by atoms with van der Waals surface area (Å²) in [7, 11) is 4.26. The molecule has 1 heterocycles. The molecular weight excluding hydrogens is 234 g/mol. The second kappa shape index (κ2) is 6.92. The van der Waals surface area contributed by atoms with Crippen molar-refractivity contribution in [3.05, 3.63) is 29.8 Å². The predicted molar refractivity (Wildman–Crippen MR) is 82.7 cm³/mol. The number of nitrogens with one attached hydrogen (secondary N) is 1. The first-order valence-corrected chi connectivity index (χ1v) is 7.44. The molecule has 1 aromatic carbocycles. The summed E-state index contributed by atoms with van der Waals surface area (Å²) in [6, 6.07) is 9.45. The maximum Gasteiger partial charge on any atom is 0.0414 e. The number of likely N-dealkylation sites (N-methyl/N-ethyl adjacent to an activating group) is 1. The third-order valence-electron chi connectivity index (χ3n) is 4.04. The van der Waals surface area contributed by atoms with Crippen LogP contribution in [0.15, 0.2) is 24.3 Å². The molecule has 0 aliphatic carbocycles. The monoisotopic (exact) mass is 261 g/mol. The average Bonchev–Trinajstić information content (AvgIpc) is 2.61. The number of hydrogen-bond donors (Lipinski definition) is 1. The highest BCUT2D eigenvalue weighted by atomic mass is 15.2. The van der Waals surface area contributed by atoms with Gasteiger partial charge in [0, 0.05) is 31.4 Å². The third kappa shape index (κ3) is 3.48. The maximum absolute atomic E-state index is 3.28. The van der Waals surface area contributed by atoms with Crippen LogP contribution >= 0.6 is 0 Å². The molecule has 0 spiro atoms. The average molecular weight is 261 g/mol. The first-order chi connectivity index (χ1) is 9.26. The standard InChI is InChI=1S/C16H27N3/c1-4-15-13-18(3)10-7-11-19(15)16-9-6-5-8-14(16)12-17-2/h5-6,8-9,15,17H,4,7,10-13H2,1-3H3. The fourth-order valence-corrected chi connectivity index (χ4v) is 3.04. The van der Waals surface area contributed by atoms with Crippen LogP contribution in [0.25, 0.3) is 0 Å². The van der Waals surface area contributed by atoms with E-state index in [1.807, 2.05) is 7.05 Å². The number of hydrogen-bond acceptors (Lipinski definition) is 3. The first-order valence-electron chi connectivity index (χ1n) is 7.44. The Bertz CT molecular complexity index is 391. The van der Waals surface area contributed by atoms with Crippen molar-refractivity contribution in [1.82, 2.24) is 10.2 Å². The van der Waals surface area contributed by atoms with Crippen LogP contribution in [0.2, 0.25) is 0 Å². The van der Waals surface area contributed by atoms with Crippen molar-refractivity contribution >= 4 is 5.69 Å². The lowest BCUT2D eigenvalue weighted by molar-refractivity contribution is 0.328. The first kappa shape index (κ1) is 14.4. The van der Waals surface area contributed by atoms with E-state index in [0.29, 0.717) is 6.04 Å². The molecule has 0 radical (unpaired) electrons. The zero-order chi connectivity index (χ0) is 13.7. The van der Waals surface area contributed by atoms with Crippen molar-refractivity contribution < 1.29 is 0 Å². The van der Waals surface area contributed by atoms with Gasteiger partial charge in [-0.3, -0.25) is 0 Å². The Labute approximate surface area is 117 Å². The number of benzene rings is 1. The van der Waals surface area contributed by atoms with Gasteiger partial charge in [-0.2, -0.15) is 0 Å². The van der Waals surface area contributed by atoms with Crippen LogP contribution in [0, 0.1) is 0 Å². The van der Waals surface area contributed by atoms with Gasteiger partial charge in [-0.1, -0.05) is 25.1 Å². The van der Waals surface area contributed by atoms with E-state index < -0.39 is 0 Å². The van der Waals surface area contributed by atoms with Gasteiger partial charge in [0.1, 0.15) is 0 Å². The smallest absolute Gasteiger partial charge is 0.0414 e. The summed E-state index contributed by atoms with van der Waals surface area (Å²) in [5, 5.41) is 3.28. The SMILES string of the molecule is CCC1CN(C)CCCN1c1ccccc1CNC. The Hall–Kier alpha value is -1.06. The van der Waals surface area contributed by atoms with Gasteiger partial charge >= 0.3 is 0 Å². The molecule has 1 fully saturated rings. The van der Waals surface area contributed by atoms with Crippen molar-refractivity contribution in [1.29, 1.82) is 0 Å². The van der Waals surface area contributed by atoms with Gasteiger partial charge in [-0.15, -0.1) is 0 Å². The van der Waals surface area contributed by atoms with Crippen molar-refractivity contribution in [2.75, 3.05) is 38.6 Å². The molecule has 1 saturated heterocycles. The summed E-state index contributed by atoms with van der Waals surface area (Å²) in [4.78, 5) is 5.09. The Morgan fingerprint density at radius 2 is 2.05 bits per heavy atom. The second-order valence-electron chi connectivity index (χ2n) is 5.53. The largest absolute Gasteiger partial charge is 0.367 e. The van der Waals surface area contributed by atoms with Crippen LogP contribution in [-0.4, -0.2) is 44.7 Å². The topological polar surface area (TPSA) is 18.5 Å². The molecule has 106 valence electrons. The molecule has 1 aliphatic rings. The molecular formula is C16H27N3. The maximum atomic E-state index is 3.28. The van der Waals surface area contributed by atoms with Gasteiger partial charge in [0.05, 0.1) is 0 Å². The Morgan fingerprint density at radius 3 is 2.79 bits per heavy atom. The molecule has 0 amide bonds. The van der Waals surface area contributed by atoms with Gasteiger partial charge in [-0.05, 0) is 45.1 Å². The predicted octanol–water partition coefficient (Wildman–Crippen LogP) is 2.33. The Balaban J connectivity index is 2.27. The molecule has 19 heavy (non-hydrogen) atoms. The van der Waals surface area contributed by atoms with Crippen LogP contribution in [0.1, 0.15) is 25.3 Å². The molecule has 1 atom stereocenters. The van der Waals surface area contributed by atoms with Crippen LogP contribution in [0.4, 0.5) is 5.69 Å². The number of anilines is 1. The molecule has 2 rings (SSSR count). The highest BCUT2D eigenvalue weighted by molar-refractivity contribution is 5.54. The molecule has 1 unspecified atom stereocenters. The van der Waals surface area contributed by atoms with Crippen molar-refractivity contribution in [3.63, 3.8) is 0 Å². The molecule has 0 bridgehead atoms. The van der Waals surface area contributed by atoms with Crippen LogP contribution in [-0.2, 0) is 6.54 Å². The summed E-state index contributed by atoms with van der Waals surface area (Å²) in [5.74, 6) is 0. The lowest BCUT2D eigenvalue weighted by Gasteiger charge is -2.33. The fourth-order valence-electron chi connectivity index (χ4n) is 3.04. The minimum absolute atomic E-state index is 0.630. The van der Waals surface area contributed by atoms with Gasteiger partial charge in [0.25, 0.3) is 0 Å². The van der Waals surface area contributed by atoms with Crippen molar-refractivity contribution in [2.24, 2.45) is 0 Å². The van der Waals surface area contributed by atoms with Gasteiger partial charge in [0.15, 0.2) is 0 Å². The van der Waals surface area contributed by atoms with E-state index in [2.05, 4.69) is 53.4 Å². The van der Waals surface area contributed by atoms with Crippen LogP contribution in [0.3, 0.4) is 0 Å². The number of nitrogens with zero attached hydrogens (tertiary/aromatic N) is 2. The minimum atomic E-state index is 0.630. The molecule has 0 aromatic heterocycles. The molecule has 1 aromatic rings. The zero-order valence-corrected chi connectivity index (χ0v) is 12.5. The van der Waals surface area contributed by atoms with Gasteiger partial charge < -0.3 is 15.1 Å². The highest BCUT2D eigenvalue weighted by Gasteiger charge is 2.23. The Kier molecular flexibility index (Phi) is 5.23. The number of rotatable bonds is 4. The lowest BCUT2D eigenvalue weighted by Crippen LogP contribution is -2.40. The minimum Gasteiger partial charge on any atom is -0.367 e. The van der Waals surface area contributed by atoms with Crippen molar-refractivity contribution in [2.45, 2.75) is 32.4 Å². The summed E-state index contributed by atoms with van der Waals surface area (Å²) in [5.41, 5.74) is 2.83. The third-order valence-corrected chi connectivity index (χ3v) is 4.04. The van der Waals surface area contributed by atoms with Crippen LogP contribution in [0.5, 0.6) is 0 Å². The van der Waals surface area contributed by atoms with Gasteiger partial charge in [-0.25, -0.2) is 0 Å². The number of para-hydroxylation sites is 1. The summed E-state index contributed by atoms with van der Waals surface area (Å²) >= 11 is 0. The molecule has 0 saturated carbocycles. The Morgan fingerprint density at radius 1 is 1.26 bits per heavy atom. The van der Waals surface area contributed by atoms with Crippen LogP contribution < -0.4 is 10.2 Å². The summed E-state index contributed by atoms with van der Waals surface area (Å²) in [6.45, 7) is 6.80. The van der Waals surface area contributed by atoms with E-state index in [9.17, 15) is 0 Å². The zero-order valence-electron chi connectivity index (χ0n) is 12.5. The van der Waals surface area contributed by atoms with E-state index in [0.717, 1.165) is 6.54 Å². The second-order valence-corrected chi connectivity index (χ2v) is 5.53. The van der Waals surface area contributed by atoms with E-state index in [1.165, 1.54) is 43.7 Å². The lowest BCUT2D eigenvalue weighted by atomic mass is 10.1.